The molecule has 0 bridgehead atoms. The van der Waals surface area contributed by atoms with E-state index in [-0.39, 0.29) is 0 Å². The number of benzene rings is 3. The quantitative estimate of drug-likeness (QED) is 0.217. The van der Waals surface area contributed by atoms with Crippen molar-refractivity contribution in [3.8, 4) is 11.4 Å². The summed E-state index contributed by atoms with van der Waals surface area (Å²) in [7, 11) is 0. The number of thioether (sulfide) groups is 2. The second kappa shape index (κ2) is 10.6. The van der Waals surface area contributed by atoms with Gasteiger partial charge in [0.1, 0.15) is 11.6 Å². The van der Waals surface area contributed by atoms with E-state index in [1.807, 2.05) is 60.7 Å². The van der Waals surface area contributed by atoms with Gasteiger partial charge in [0.25, 0.3) is 0 Å². The Bertz CT molecular complexity index is 1060. The minimum Gasteiger partial charge on any atom is -0.493 e. The van der Waals surface area contributed by atoms with Crippen LogP contribution in [0, 0.1) is 0 Å². The van der Waals surface area contributed by atoms with Crippen LogP contribution in [-0.2, 0) is 5.75 Å². The summed E-state index contributed by atoms with van der Waals surface area (Å²) in [6, 6.07) is 28.0. The molecule has 0 saturated heterocycles. The molecule has 0 amide bonds. The number of aromatic nitrogens is 3. The number of ether oxygens (including phenoxy) is 1. The normalized spacial score (nSPS) is 10.8. The second-order valence-corrected chi connectivity index (χ2v) is 8.87. The number of nitrogens with zero attached hydrogens (tertiary/aromatic N) is 3. The standard InChI is InChI=1S/C23H20ClN3OS2/c24-18-11-13-20(14-12-18)28-15-16-29-23-26-25-22(17-30-21-9-5-2-6-10-21)27(23)19-7-3-1-4-8-19/h1-14H,15-17H2. The van der Waals surface area contributed by atoms with E-state index in [0.717, 1.165) is 33.9 Å². The molecule has 1 heterocycles. The van der Waals surface area contributed by atoms with Gasteiger partial charge in [0.05, 0.1) is 12.4 Å². The zero-order chi connectivity index (χ0) is 20.6. The van der Waals surface area contributed by atoms with Gasteiger partial charge in [-0.15, -0.1) is 22.0 Å². The third kappa shape index (κ3) is 5.59. The molecule has 0 aliphatic carbocycles. The molecule has 0 unspecified atom stereocenters. The first-order valence-electron chi connectivity index (χ1n) is 9.48. The lowest BCUT2D eigenvalue weighted by atomic mass is 10.3. The zero-order valence-corrected chi connectivity index (χ0v) is 18.5. The predicted octanol–water partition coefficient (Wildman–Crippen LogP) is 6.38. The van der Waals surface area contributed by atoms with Crippen LogP contribution in [0.5, 0.6) is 5.75 Å². The van der Waals surface area contributed by atoms with E-state index >= 15 is 0 Å². The summed E-state index contributed by atoms with van der Waals surface area (Å²) < 4.78 is 7.93. The van der Waals surface area contributed by atoms with E-state index in [1.54, 1.807) is 23.5 Å². The molecular formula is C23H20ClN3OS2. The van der Waals surface area contributed by atoms with Crippen molar-refractivity contribution in [1.82, 2.24) is 14.8 Å². The van der Waals surface area contributed by atoms with Crippen LogP contribution in [0.25, 0.3) is 5.69 Å². The van der Waals surface area contributed by atoms with Crippen molar-refractivity contribution in [2.24, 2.45) is 0 Å². The van der Waals surface area contributed by atoms with Crippen LogP contribution in [0.1, 0.15) is 5.82 Å². The van der Waals surface area contributed by atoms with Gasteiger partial charge in [-0.2, -0.15) is 0 Å². The van der Waals surface area contributed by atoms with E-state index in [1.165, 1.54) is 4.90 Å². The Balaban J connectivity index is 1.44. The second-order valence-electron chi connectivity index (χ2n) is 6.32. The number of rotatable bonds is 9. The molecule has 0 saturated carbocycles. The smallest absolute Gasteiger partial charge is 0.195 e. The molecule has 152 valence electrons. The van der Waals surface area contributed by atoms with Crippen LogP contribution in [0.2, 0.25) is 5.02 Å². The molecule has 4 rings (SSSR count). The monoisotopic (exact) mass is 453 g/mol. The van der Waals surface area contributed by atoms with Gasteiger partial charge in [0.15, 0.2) is 5.16 Å². The third-order valence-corrected chi connectivity index (χ3v) is 6.38. The number of hydrogen-bond acceptors (Lipinski definition) is 5. The fourth-order valence-corrected chi connectivity index (χ4v) is 4.56. The highest BCUT2D eigenvalue weighted by molar-refractivity contribution is 7.99. The average molecular weight is 454 g/mol. The molecule has 1 aromatic heterocycles. The predicted molar refractivity (Wildman–Crippen MR) is 125 cm³/mol. The Morgan fingerprint density at radius 3 is 2.23 bits per heavy atom. The summed E-state index contributed by atoms with van der Waals surface area (Å²) >= 11 is 9.31. The van der Waals surface area contributed by atoms with Crippen molar-refractivity contribution in [1.29, 1.82) is 0 Å². The molecule has 0 spiro atoms. The maximum Gasteiger partial charge on any atom is 0.195 e. The van der Waals surface area contributed by atoms with Gasteiger partial charge in [-0.25, -0.2) is 0 Å². The summed E-state index contributed by atoms with van der Waals surface area (Å²) in [4.78, 5) is 1.21. The minimum absolute atomic E-state index is 0.571. The van der Waals surface area contributed by atoms with Gasteiger partial charge in [0, 0.05) is 21.4 Å². The molecular weight excluding hydrogens is 434 g/mol. The van der Waals surface area contributed by atoms with E-state index in [0.29, 0.717) is 11.6 Å². The molecule has 4 nitrogen and oxygen atoms in total. The molecule has 4 aromatic rings. The van der Waals surface area contributed by atoms with Crippen molar-refractivity contribution < 1.29 is 4.74 Å². The Morgan fingerprint density at radius 1 is 0.800 bits per heavy atom. The van der Waals surface area contributed by atoms with Crippen LogP contribution >= 0.6 is 35.1 Å². The van der Waals surface area contributed by atoms with Crippen molar-refractivity contribution in [2.45, 2.75) is 15.8 Å². The highest BCUT2D eigenvalue weighted by Crippen LogP contribution is 2.27. The van der Waals surface area contributed by atoms with Crippen LogP contribution in [0.15, 0.2) is 95.0 Å². The van der Waals surface area contributed by atoms with Crippen LogP contribution in [0.3, 0.4) is 0 Å². The Morgan fingerprint density at radius 2 is 1.50 bits per heavy atom. The van der Waals surface area contributed by atoms with Crippen LogP contribution < -0.4 is 4.74 Å². The minimum atomic E-state index is 0.571. The van der Waals surface area contributed by atoms with Crippen LogP contribution in [0.4, 0.5) is 0 Å². The van der Waals surface area contributed by atoms with Gasteiger partial charge in [-0.05, 0) is 48.5 Å². The molecule has 0 atom stereocenters. The molecule has 30 heavy (non-hydrogen) atoms. The number of para-hydroxylation sites is 1. The molecule has 0 fully saturated rings. The summed E-state index contributed by atoms with van der Waals surface area (Å²) in [6.45, 7) is 0.571. The Labute approximate surface area is 189 Å². The van der Waals surface area contributed by atoms with Gasteiger partial charge < -0.3 is 4.74 Å². The zero-order valence-electron chi connectivity index (χ0n) is 16.1. The molecule has 0 aliphatic heterocycles. The first-order chi connectivity index (χ1) is 14.8. The van der Waals surface area contributed by atoms with Gasteiger partial charge in [-0.3, -0.25) is 4.57 Å². The highest BCUT2D eigenvalue weighted by Gasteiger charge is 2.14. The maximum atomic E-state index is 5.92. The Hall–Kier alpha value is -2.41. The average Bonchev–Trinajstić information content (AvgIpc) is 3.20. The first-order valence-corrected chi connectivity index (χ1v) is 11.8. The molecule has 0 radical (unpaired) electrons. The van der Waals surface area contributed by atoms with E-state index in [9.17, 15) is 0 Å². The lowest BCUT2D eigenvalue weighted by Gasteiger charge is -2.10. The summed E-state index contributed by atoms with van der Waals surface area (Å²) in [5.74, 6) is 3.24. The Kier molecular flexibility index (Phi) is 7.34. The van der Waals surface area contributed by atoms with Crippen LogP contribution in [-0.4, -0.2) is 27.1 Å². The van der Waals surface area contributed by atoms with Crippen molar-refractivity contribution >= 4 is 35.1 Å². The SMILES string of the molecule is Clc1ccc(OCCSc2nnc(CSc3ccccc3)n2-c2ccccc2)cc1. The number of halogens is 1. The fraction of sp³-hybridized carbons (Fsp3) is 0.130. The van der Waals surface area contributed by atoms with E-state index < -0.39 is 0 Å². The molecule has 0 aliphatic rings. The lowest BCUT2D eigenvalue weighted by molar-refractivity contribution is 0.344. The highest BCUT2D eigenvalue weighted by atomic mass is 35.5. The maximum absolute atomic E-state index is 5.92. The summed E-state index contributed by atoms with van der Waals surface area (Å²) in [6.07, 6.45) is 0. The first kappa shape index (κ1) is 20.8. The van der Waals surface area contributed by atoms with Gasteiger partial charge in [-0.1, -0.05) is 59.8 Å². The van der Waals surface area contributed by atoms with Crippen molar-refractivity contribution in [3.05, 3.63) is 95.8 Å². The third-order valence-electron chi connectivity index (χ3n) is 4.22. The van der Waals surface area contributed by atoms with E-state index in [2.05, 4.69) is 39.0 Å². The molecule has 0 N–H and O–H groups in total. The molecule has 7 heteroatoms. The van der Waals surface area contributed by atoms with Gasteiger partial charge >= 0.3 is 0 Å². The van der Waals surface area contributed by atoms with Gasteiger partial charge in [0.2, 0.25) is 0 Å². The number of hydrogen-bond donors (Lipinski definition) is 0. The fourth-order valence-electron chi connectivity index (χ4n) is 2.81. The topological polar surface area (TPSA) is 39.9 Å². The summed E-state index contributed by atoms with van der Waals surface area (Å²) in [5.41, 5.74) is 1.06. The lowest BCUT2D eigenvalue weighted by Crippen LogP contribution is -2.04. The van der Waals surface area contributed by atoms with Crippen molar-refractivity contribution in [3.63, 3.8) is 0 Å². The summed E-state index contributed by atoms with van der Waals surface area (Å²) in [5, 5.41) is 10.5. The van der Waals surface area contributed by atoms with E-state index in [4.69, 9.17) is 16.3 Å². The van der Waals surface area contributed by atoms with Crippen molar-refractivity contribution in [2.75, 3.05) is 12.4 Å². The molecule has 3 aromatic carbocycles. The largest absolute Gasteiger partial charge is 0.493 e.